The lowest BCUT2D eigenvalue weighted by atomic mass is 9.97. The normalized spacial score (nSPS) is 18.4. The maximum Gasteiger partial charge on any atom is 0.308 e. The number of aliphatic imine (C=N–C) groups is 1. The molecule has 3 rings (SSSR count). The third kappa shape index (κ3) is 6.17. The van der Waals surface area contributed by atoms with Crippen LogP contribution in [0.2, 0.25) is 0 Å². The first-order valence-electron chi connectivity index (χ1n) is 9.66. The number of carbonyl (C=O) groups is 1. The number of benzene rings is 1. The molecule has 28 heavy (non-hydrogen) atoms. The Morgan fingerprint density at radius 3 is 2.39 bits per heavy atom. The number of carbonyl (C=O) groups excluding carboxylic acids is 1. The lowest BCUT2D eigenvalue weighted by Gasteiger charge is -2.33. The van der Waals surface area contributed by atoms with Crippen molar-refractivity contribution in [1.82, 2.24) is 10.2 Å². The lowest BCUT2D eigenvalue weighted by Crippen LogP contribution is -2.46. The maximum atomic E-state index is 11.7. The summed E-state index contributed by atoms with van der Waals surface area (Å²) in [6, 6.07) is 8.83. The molecule has 0 aromatic heterocycles. The van der Waals surface area contributed by atoms with Gasteiger partial charge in [-0.3, -0.25) is 9.79 Å². The molecule has 6 nitrogen and oxygen atoms in total. The van der Waals surface area contributed by atoms with Crippen molar-refractivity contribution in [3.05, 3.63) is 29.8 Å². The Bertz CT molecular complexity index is 642. The van der Waals surface area contributed by atoms with E-state index in [-0.39, 0.29) is 35.9 Å². The summed E-state index contributed by atoms with van der Waals surface area (Å²) in [5.74, 6) is 3.25. The van der Waals surface area contributed by atoms with Crippen molar-refractivity contribution in [2.24, 2.45) is 10.9 Å². The largest absolute Gasteiger partial charge is 0.469 e. The molecule has 0 radical (unpaired) electrons. The van der Waals surface area contributed by atoms with Crippen molar-refractivity contribution < 1.29 is 9.53 Å². The molecule has 2 aliphatic heterocycles. The van der Waals surface area contributed by atoms with E-state index in [0.717, 1.165) is 51.5 Å². The molecule has 2 aliphatic rings. The molecule has 2 heterocycles. The third-order valence-electron chi connectivity index (χ3n) is 5.30. The smallest absolute Gasteiger partial charge is 0.308 e. The highest BCUT2D eigenvalue weighted by Crippen LogP contribution is 2.20. The minimum absolute atomic E-state index is 0. The van der Waals surface area contributed by atoms with E-state index >= 15 is 0 Å². The summed E-state index contributed by atoms with van der Waals surface area (Å²) in [5, 5.41) is 3.46. The van der Waals surface area contributed by atoms with Crippen molar-refractivity contribution in [3.63, 3.8) is 0 Å². The van der Waals surface area contributed by atoms with Gasteiger partial charge in [-0.15, -0.1) is 24.0 Å². The van der Waals surface area contributed by atoms with E-state index in [1.165, 1.54) is 29.9 Å². The van der Waals surface area contributed by atoms with Crippen molar-refractivity contribution in [2.75, 3.05) is 56.7 Å². The van der Waals surface area contributed by atoms with Gasteiger partial charge in [0.1, 0.15) is 0 Å². The summed E-state index contributed by atoms with van der Waals surface area (Å²) < 4.78 is 4.86. The Labute approximate surface area is 189 Å². The van der Waals surface area contributed by atoms with E-state index in [1.54, 1.807) is 0 Å². The SMILES string of the molecule is CN=C(NCc1ccc(N2CCSCC2)cc1)N1CCC(C(=O)OC)CC1.I. The minimum Gasteiger partial charge on any atom is -0.469 e. The summed E-state index contributed by atoms with van der Waals surface area (Å²) in [4.78, 5) is 20.8. The van der Waals surface area contributed by atoms with Crippen LogP contribution in [0.15, 0.2) is 29.3 Å². The second-order valence-electron chi connectivity index (χ2n) is 6.95. The number of esters is 1. The number of nitrogens with zero attached hydrogens (tertiary/aromatic N) is 3. The van der Waals surface area contributed by atoms with Crippen molar-refractivity contribution in [2.45, 2.75) is 19.4 Å². The van der Waals surface area contributed by atoms with Crippen LogP contribution in [0.1, 0.15) is 18.4 Å². The molecule has 0 unspecified atom stereocenters. The summed E-state index contributed by atoms with van der Waals surface area (Å²) in [7, 11) is 3.27. The number of likely N-dealkylation sites (tertiary alicyclic amines) is 1. The molecule has 2 saturated heterocycles. The fraction of sp³-hybridized carbons (Fsp3) is 0.600. The highest BCUT2D eigenvalue weighted by molar-refractivity contribution is 14.0. The molecule has 0 saturated carbocycles. The van der Waals surface area contributed by atoms with Crippen LogP contribution in [0.3, 0.4) is 0 Å². The van der Waals surface area contributed by atoms with Gasteiger partial charge in [0.2, 0.25) is 0 Å². The standard InChI is InChI=1S/C20H30N4O2S.HI/c1-21-20(24-9-7-17(8-10-24)19(25)26-2)22-15-16-3-5-18(6-4-16)23-11-13-27-14-12-23;/h3-6,17H,7-15H2,1-2H3,(H,21,22);1H. The molecular formula is C20H31IN4O2S. The topological polar surface area (TPSA) is 57.2 Å². The van der Waals surface area contributed by atoms with Gasteiger partial charge in [0.25, 0.3) is 0 Å². The van der Waals surface area contributed by atoms with E-state index < -0.39 is 0 Å². The Hall–Kier alpha value is -1.16. The molecule has 0 atom stereocenters. The lowest BCUT2D eigenvalue weighted by molar-refractivity contribution is -0.146. The van der Waals surface area contributed by atoms with E-state index in [4.69, 9.17) is 4.74 Å². The molecule has 1 N–H and O–H groups in total. The average molecular weight is 518 g/mol. The number of piperidine rings is 1. The highest BCUT2D eigenvalue weighted by Gasteiger charge is 2.26. The van der Waals surface area contributed by atoms with Gasteiger partial charge in [0.15, 0.2) is 5.96 Å². The van der Waals surface area contributed by atoms with Crippen LogP contribution in [-0.2, 0) is 16.1 Å². The number of ether oxygens (including phenoxy) is 1. The molecular weight excluding hydrogens is 487 g/mol. The number of guanidine groups is 1. The van der Waals surface area contributed by atoms with Crippen LogP contribution in [0.5, 0.6) is 0 Å². The number of halogens is 1. The second-order valence-corrected chi connectivity index (χ2v) is 8.18. The zero-order valence-electron chi connectivity index (χ0n) is 16.7. The first-order chi connectivity index (χ1) is 13.2. The molecule has 156 valence electrons. The number of thioether (sulfide) groups is 1. The Balaban J connectivity index is 0.00000280. The molecule has 1 aromatic rings. The van der Waals surface area contributed by atoms with Crippen LogP contribution in [0.25, 0.3) is 0 Å². The summed E-state index contributed by atoms with van der Waals surface area (Å²) in [6.07, 6.45) is 1.63. The van der Waals surface area contributed by atoms with Crippen LogP contribution in [0.4, 0.5) is 5.69 Å². The predicted molar refractivity (Wildman–Crippen MR) is 128 cm³/mol. The molecule has 2 fully saturated rings. The molecule has 0 bridgehead atoms. The summed E-state index contributed by atoms with van der Waals surface area (Å²) in [5.41, 5.74) is 2.56. The number of anilines is 1. The van der Waals surface area contributed by atoms with Crippen LogP contribution >= 0.6 is 35.7 Å². The molecule has 0 amide bonds. The zero-order chi connectivity index (χ0) is 19.1. The van der Waals surface area contributed by atoms with Crippen LogP contribution in [-0.4, -0.2) is 68.7 Å². The van der Waals surface area contributed by atoms with Gasteiger partial charge in [-0.05, 0) is 30.5 Å². The summed E-state index contributed by atoms with van der Waals surface area (Å²) >= 11 is 2.03. The van der Waals surface area contributed by atoms with E-state index in [2.05, 4.69) is 44.4 Å². The Kier molecular flexibility index (Phi) is 9.70. The van der Waals surface area contributed by atoms with Gasteiger partial charge < -0.3 is 19.9 Å². The zero-order valence-corrected chi connectivity index (χ0v) is 19.9. The van der Waals surface area contributed by atoms with Crippen molar-refractivity contribution in [1.29, 1.82) is 0 Å². The number of hydrogen-bond donors (Lipinski definition) is 1. The van der Waals surface area contributed by atoms with Gasteiger partial charge in [-0.1, -0.05) is 12.1 Å². The number of methoxy groups -OCH3 is 1. The Morgan fingerprint density at radius 1 is 1.18 bits per heavy atom. The Morgan fingerprint density at radius 2 is 1.82 bits per heavy atom. The van der Waals surface area contributed by atoms with Gasteiger partial charge in [0, 0.05) is 57.0 Å². The number of rotatable bonds is 4. The maximum absolute atomic E-state index is 11.7. The first-order valence-corrected chi connectivity index (χ1v) is 10.8. The molecule has 0 aliphatic carbocycles. The quantitative estimate of drug-likeness (QED) is 0.287. The first kappa shape index (κ1) is 23.1. The van der Waals surface area contributed by atoms with Crippen LogP contribution < -0.4 is 10.2 Å². The molecule has 1 aromatic carbocycles. The van der Waals surface area contributed by atoms with Gasteiger partial charge in [-0.25, -0.2) is 0 Å². The monoisotopic (exact) mass is 518 g/mol. The third-order valence-corrected chi connectivity index (χ3v) is 6.25. The predicted octanol–water partition coefficient (Wildman–Crippen LogP) is 2.82. The van der Waals surface area contributed by atoms with Crippen molar-refractivity contribution in [3.8, 4) is 0 Å². The van der Waals surface area contributed by atoms with Crippen molar-refractivity contribution >= 4 is 53.4 Å². The minimum atomic E-state index is -0.0926. The number of hydrogen-bond acceptors (Lipinski definition) is 5. The summed E-state index contributed by atoms with van der Waals surface area (Å²) in [6.45, 7) is 4.67. The van der Waals surface area contributed by atoms with Gasteiger partial charge in [-0.2, -0.15) is 11.8 Å². The average Bonchev–Trinajstić information content (AvgIpc) is 2.75. The van der Waals surface area contributed by atoms with Gasteiger partial charge in [0.05, 0.1) is 13.0 Å². The molecule has 0 spiro atoms. The highest BCUT2D eigenvalue weighted by atomic mass is 127. The fourth-order valence-corrected chi connectivity index (χ4v) is 4.56. The van der Waals surface area contributed by atoms with E-state index in [0.29, 0.717) is 0 Å². The second kappa shape index (κ2) is 11.7. The van der Waals surface area contributed by atoms with E-state index in [9.17, 15) is 4.79 Å². The number of nitrogens with one attached hydrogen (secondary N) is 1. The molecule has 8 heteroatoms. The fourth-order valence-electron chi connectivity index (χ4n) is 3.65. The van der Waals surface area contributed by atoms with E-state index in [1.807, 2.05) is 18.8 Å². The van der Waals surface area contributed by atoms with Crippen LogP contribution in [0, 0.1) is 5.92 Å². The van der Waals surface area contributed by atoms with Gasteiger partial charge >= 0.3 is 5.97 Å².